The Morgan fingerprint density at radius 1 is 1.08 bits per heavy atom. The molecule has 0 atom stereocenters. The lowest BCUT2D eigenvalue weighted by Gasteiger charge is -2.22. The molecule has 3 N–H and O–H groups in total. The highest BCUT2D eigenvalue weighted by molar-refractivity contribution is 6.03. The maximum absolute atomic E-state index is 12.8. The van der Waals surface area contributed by atoms with Crippen molar-refractivity contribution < 1.29 is 9.59 Å². The lowest BCUT2D eigenvalue weighted by molar-refractivity contribution is 0.100. The van der Waals surface area contributed by atoms with Crippen molar-refractivity contribution in [3.05, 3.63) is 41.7 Å². The Balaban J connectivity index is 1.76. The van der Waals surface area contributed by atoms with Crippen molar-refractivity contribution in [1.29, 1.82) is 0 Å². The largest absolute Gasteiger partial charge is 0.341 e. The van der Waals surface area contributed by atoms with Gasteiger partial charge in [0.15, 0.2) is 0 Å². The van der Waals surface area contributed by atoms with Crippen LogP contribution in [0.1, 0.15) is 55.7 Å². The number of nitrogens with one attached hydrogen (secondary N) is 3. The fraction of sp³-hybridized carbons (Fsp3) is 0.421. The van der Waals surface area contributed by atoms with Crippen LogP contribution < -0.4 is 16.0 Å². The zero-order valence-corrected chi connectivity index (χ0v) is 15.6. The van der Waals surface area contributed by atoms with E-state index in [2.05, 4.69) is 21.0 Å². The van der Waals surface area contributed by atoms with E-state index in [4.69, 9.17) is 0 Å². The number of hydrogen-bond acceptors (Lipinski definition) is 3. The summed E-state index contributed by atoms with van der Waals surface area (Å²) < 4.78 is 1.80. The van der Waals surface area contributed by atoms with E-state index < -0.39 is 0 Å². The molecule has 0 unspecified atom stereocenters. The van der Waals surface area contributed by atoms with Crippen LogP contribution in [0.5, 0.6) is 0 Å². The molecule has 7 nitrogen and oxygen atoms in total. The highest BCUT2D eigenvalue weighted by Gasteiger charge is 2.31. The van der Waals surface area contributed by atoms with Gasteiger partial charge in [0.2, 0.25) is 0 Å². The highest BCUT2D eigenvalue weighted by Crippen LogP contribution is 2.40. The average molecular weight is 355 g/mol. The molecule has 3 rings (SSSR count). The molecule has 1 aromatic heterocycles. The number of amides is 3. The first-order valence-electron chi connectivity index (χ1n) is 8.78. The van der Waals surface area contributed by atoms with Gasteiger partial charge in [-0.2, -0.15) is 5.10 Å². The van der Waals surface area contributed by atoms with Crippen LogP contribution in [0.3, 0.4) is 0 Å². The van der Waals surface area contributed by atoms with Gasteiger partial charge in [-0.15, -0.1) is 0 Å². The van der Waals surface area contributed by atoms with Gasteiger partial charge in [-0.05, 0) is 63.9 Å². The molecule has 1 heterocycles. The molecule has 0 bridgehead atoms. The quantitative estimate of drug-likeness (QED) is 0.784. The van der Waals surface area contributed by atoms with Gasteiger partial charge in [-0.25, -0.2) is 4.79 Å². The number of hydrogen-bond donors (Lipinski definition) is 3. The molecule has 0 aliphatic heterocycles. The maximum Gasteiger partial charge on any atom is 0.318 e. The molecular weight excluding hydrogens is 330 g/mol. The topological polar surface area (TPSA) is 88.1 Å². The molecule has 138 valence electrons. The Morgan fingerprint density at radius 2 is 1.65 bits per heavy atom. The molecule has 1 saturated carbocycles. The predicted molar refractivity (Wildman–Crippen MR) is 102 cm³/mol. The Hall–Kier alpha value is -2.83. The van der Waals surface area contributed by atoms with Gasteiger partial charge >= 0.3 is 6.03 Å². The van der Waals surface area contributed by atoms with Crippen LogP contribution in [-0.4, -0.2) is 28.8 Å². The van der Waals surface area contributed by atoms with E-state index >= 15 is 0 Å². The molecule has 1 aliphatic rings. The second-order valence-electron chi connectivity index (χ2n) is 7.55. The summed E-state index contributed by atoms with van der Waals surface area (Å²) in [6.07, 6.45) is 2.28. The van der Waals surface area contributed by atoms with Crippen LogP contribution in [0.15, 0.2) is 30.3 Å². The molecular formula is C19H25N5O2. The third kappa shape index (κ3) is 4.04. The number of carbonyl (C=O) groups excluding carboxylic acids is 2. The molecule has 0 saturated heterocycles. The Kier molecular flexibility index (Phi) is 4.71. The van der Waals surface area contributed by atoms with Crippen molar-refractivity contribution in [2.75, 3.05) is 17.7 Å². The van der Waals surface area contributed by atoms with E-state index in [0.29, 0.717) is 23.0 Å². The summed E-state index contributed by atoms with van der Waals surface area (Å²) in [5, 5.41) is 12.7. The normalized spacial score (nSPS) is 14.0. The summed E-state index contributed by atoms with van der Waals surface area (Å²) in [6.45, 7) is 6.10. The summed E-state index contributed by atoms with van der Waals surface area (Å²) in [5.41, 5.74) is 2.59. The molecule has 0 radical (unpaired) electrons. The van der Waals surface area contributed by atoms with E-state index in [1.54, 1.807) is 36.0 Å². The monoisotopic (exact) mass is 355 g/mol. The summed E-state index contributed by atoms with van der Waals surface area (Å²) in [7, 11) is 1.55. The minimum atomic E-state index is -0.288. The Labute approximate surface area is 153 Å². The number of nitrogens with zero attached hydrogens (tertiary/aromatic N) is 2. The summed E-state index contributed by atoms with van der Waals surface area (Å²) in [6, 6.07) is 8.59. The predicted octanol–water partition coefficient (Wildman–Crippen LogP) is 3.52. The fourth-order valence-corrected chi connectivity index (χ4v) is 2.68. The maximum atomic E-state index is 12.8. The molecule has 1 aliphatic carbocycles. The fourth-order valence-electron chi connectivity index (χ4n) is 2.68. The lowest BCUT2D eigenvalue weighted by Crippen LogP contribution is -2.29. The van der Waals surface area contributed by atoms with E-state index in [1.165, 1.54) is 0 Å². The Morgan fingerprint density at radius 3 is 2.15 bits per heavy atom. The van der Waals surface area contributed by atoms with Crippen molar-refractivity contribution in [2.24, 2.45) is 0 Å². The van der Waals surface area contributed by atoms with Gasteiger partial charge < -0.3 is 16.0 Å². The smallest absolute Gasteiger partial charge is 0.318 e. The molecule has 0 spiro atoms. The number of aromatic nitrogens is 2. The van der Waals surface area contributed by atoms with Crippen LogP contribution in [0.25, 0.3) is 0 Å². The van der Waals surface area contributed by atoms with Crippen LogP contribution >= 0.6 is 0 Å². The number of carbonyl (C=O) groups is 2. The first kappa shape index (κ1) is 18.0. The van der Waals surface area contributed by atoms with E-state index in [-0.39, 0.29) is 17.5 Å². The first-order chi connectivity index (χ1) is 12.3. The minimum absolute atomic E-state index is 0.189. The number of rotatable bonds is 4. The summed E-state index contributed by atoms with van der Waals surface area (Å²) in [4.78, 5) is 24.1. The van der Waals surface area contributed by atoms with Crippen LogP contribution in [0, 0.1) is 0 Å². The van der Waals surface area contributed by atoms with Crippen LogP contribution in [0.4, 0.5) is 16.2 Å². The second-order valence-corrected chi connectivity index (χ2v) is 7.55. The third-order valence-corrected chi connectivity index (χ3v) is 4.22. The zero-order valence-electron chi connectivity index (χ0n) is 15.6. The zero-order chi connectivity index (χ0) is 18.9. The van der Waals surface area contributed by atoms with Gasteiger partial charge in [-0.1, -0.05) is 0 Å². The van der Waals surface area contributed by atoms with Crippen molar-refractivity contribution >= 4 is 23.3 Å². The summed E-state index contributed by atoms with van der Waals surface area (Å²) in [5.74, 6) is 0.298. The van der Waals surface area contributed by atoms with Gasteiger partial charge in [0.1, 0.15) is 5.69 Å². The van der Waals surface area contributed by atoms with Crippen molar-refractivity contribution in [1.82, 2.24) is 15.1 Å². The SMILES string of the molecule is CNC(=O)Nc1ccc(NC(=O)c2cc(C3CC3)nn2C(C)(C)C)cc1. The lowest BCUT2D eigenvalue weighted by atomic mass is 10.1. The molecule has 1 aromatic carbocycles. The van der Waals surface area contributed by atoms with Crippen molar-refractivity contribution in [3.8, 4) is 0 Å². The molecule has 7 heteroatoms. The van der Waals surface area contributed by atoms with Crippen molar-refractivity contribution in [2.45, 2.75) is 45.1 Å². The van der Waals surface area contributed by atoms with E-state index in [0.717, 1.165) is 18.5 Å². The third-order valence-electron chi connectivity index (χ3n) is 4.22. The molecule has 1 fully saturated rings. The minimum Gasteiger partial charge on any atom is -0.341 e. The van der Waals surface area contributed by atoms with Gasteiger partial charge in [-0.3, -0.25) is 9.48 Å². The van der Waals surface area contributed by atoms with Crippen molar-refractivity contribution in [3.63, 3.8) is 0 Å². The molecule has 3 amide bonds. The number of anilines is 2. The van der Waals surface area contributed by atoms with Crippen LogP contribution in [-0.2, 0) is 5.54 Å². The van der Waals surface area contributed by atoms with Crippen LogP contribution in [0.2, 0.25) is 0 Å². The summed E-state index contributed by atoms with van der Waals surface area (Å²) >= 11 is 0. The van der Waals surface area contributed by atoms with E-state index in [9.17, 15) is 9.59 Å². The average Bonchev–Trinajstić information content (AvgIpc) is 3.33. The first-order valence-corrected chi connectivity index (χ1v) is 8.78. The molecule has 2 aromatic rings. The van der Waals surface area contributed by atoms with Gasteiger partial charge in [0.05, 0.1) is 11.2 Å². The standard InChI is InChI=1S/C19H25N5O2/c1-19(2,3)24-16(11-15(23-24)12-5-6-12)17(25)21-13-7-9-14(10-8-13)22-18(26)20-4/h7-12H,5-6H2,1-4H3,(H,21,25)(H2,20,22,26). The highest BCUT2D eigenvalue weighted by atomic mass is 16.2. The number of benzene rings is 1. The second kappa shape index (κ2) is 6.82. The Bertz CT molecular complexity index is 813. The molecule has 26 heavy (non-hydrogen) atoms. The number of urea groups is 1. The van der Waals surface area contributed by atoms with Gasteiger partial charge in [0, 0.05) is 24.3 Å². The van der Waals surface area contributed by atoms with Gasteiger partial charge in [0.25, 0.3) is 5.91 Å². The van der Waals surface area contributed by atoms with E-state index in [1.807, 2.05) is 26.8 Å².